The van der Waals surface area contributed by atoms with Crippen LogP contribution in [0, 0.1) is 12.7 Å². The fourth-order valence-corrected chi connectivity index (χ4v) is 2.31. The van der Waals surface area contributed by atoms with Crippen LogP contribution in [0.2, 0.25) is 0 Å². The minimum atomic E-state index is -1.32. The third-order valence-electron chi connectivity index (χ3n) is 3.54. The summed E-state index contributed by atoms with van der Waals surface area (Å²) in [5, 5.41) is 16.6. The zero-order chi connectivity index (χ0) is 17.1. The summed E-state index contributed by atoms with van der Waals surface area (Å²) in [5.74, 6) is -1.15. The molecule has 2 aromatic carbocycles. The zero-order valence-corrected chi connectivity index (χ0v) is 13.0. The number of rotatable bonds is 4. The highest BCUT2D eigenvalue weighted by Crippen LogP contribution is 2.20. The first-order chi connectivity index (χ1) is 11.5. The first-order valence-electron chi connectivity index (χ1n) is 7.39. The quantitative estimate of drug-likeness (QED) is 0.775. The number of aryl methyl sites for hydroxylation is 1. The Morgan fingerprint density at radius 3 is 2.62 bits per heavy atom. The molecule has 0 fully saturated rings. The number of aromatic nitrogens is 2. The van der Waals surface area contributed by atoms with Crippen molar-refractivity contribution in [3.63, 3.8) is 0 Å². The van der Waals surface area contributed by atoms with Gasteiger partial charge in [-0.05, 0) is 36.2 Å². The Balaban J connectivity index is 1.76. The van der Waals surface area contributed by atoms with Gasteiger partial charge in [-0.2, -0.15) is 5.10 Å². The highest BCUT2D eigenvalue weighted by Gasteiger charge is 2.17. The van der Waals surface area contributed by atoms with Crippen LogP contribution < -0.4 is 5.32 Å². The fourth-order valence-electron chi connectivity index (χ4n) is 2.31. The first kappa shape index (κ1) is 15.9. The molecule has 1 heterocycles. The van der Waals surface area contributed by atoms with Crippen molar-refractivity contribution in [3.8, 4) is 5.69 Å². The molecule has 0 bridgehead atoms. The summed E-state index contributed by atoms with van der Waals surface area (Å²) in [5.41, 5.74) is 1.93. The second-order valence-corrected chi connectivity index (χ2v) is 5.43. The molecule has 1 aromatic heterocycles. The molecule has 6 heteroatoms. The van der Waals surface area contributed by atoms with E-state index in [1.54, 1.807) is 48.8 Å². The highest BCUT2D eigenvalue weighted by molar-refractivity contribution is 5.94. The summed E-state index contributed by atoms with van der Waals surface area (Å²) in [4.78, 5) is 12.1. The summed E-state index contributed by atoms with van der Waals surface area (Å²) in [6.07, 6.45) is 2.02. The molecule has 2 N–H and O–H groups in total. The number of halogens is 1. The number of amides is 1. The number of nitrogens with zero attached hydrogens (tertiary/aromatic N) is 2. The fraction of sp³-hybridized carbons (Fsp3) is 0.111. The number of carbonyl (C=O) groups excluding carboxylic acids is 1. The van der Waals surface area contributed by atoms with E-state index in [0.717, 1.165) is 5.56 Å². The van der Waals surface area contributed by atoms with Gasteiger partial charge in [-0.1, -0.05) is 30.3 Å². The van der Waals surface area contributed by atoms with Crippen molar-refractivity contribution in [2.45, 2.75) is 13.0 Å². The molecule has 0 saturated heterocycles. The van der Waals surface area contributed by atoms with Gasteiger partial charge < -0.3 is 10.4 Å². The molecule has 0 saturated carbocycles. The van der Waals surface area contributed by atoms with Gasteiger partial charge in [-0.15, -0.1) is 0 Å². The molecule has 0 aliphatic heterocycles. The standard InChI is InChI=1S/C18H16FN3O2/c1-12-10-20-22(11-12)16-8-7-14(9-15(16)19)21-18(24)17(23)13-5-3-2-4-6-13/h2-11,17,23H,1H3,(H,21,24). The van der Waals surface area contributed by atoms with Gasteiger partial charge in [0.05, 0.1) is 6.20 Å². The van der Waals surface area contributed by atoms with Gasteiger partial charge >= 0.3 is 0 Å². The molecule has 0 aliphatic rings. The van der Waals surface area contributed by atoms with E-state index < -0.39 is 17.8 Å². The maximum atomic E-state index is 14.2. The predicted octanol–water partition coefficient (Wildman–Crippen LogP) is 2.99. The Labute approximate surface area is 138 Å². The zero-order valence-electron chi connectivity index (χ0n) is 13.0. The Morgan fingerprint density at radius 2 is 2.00 bits per heavy atom. The van der Waals surface area contributed by atoms with Crippen molar-refractivity contribution >= 4 is 11.6 Å². The lowest BCUT2D eigenvalue weighted by Gasteiger charge is -2.12. The maximum Gasteiger partial charge on any atom is 0.257 e. The largest absolute Gasteiger partial charge is 0.378 e. The van der Waals surface area contributed by atoms with E-state index >= 15 is 0 Å². The Hall–Kier alpha value is -2.99. The number of aliphatic hydroxyl groups excluding tert-OH is 1. The van der Waals surface area contributed by atoms with E-state index in [1.807, 2.05) is 6.92 Å². The van der Waals surface area contributed by atoms with Gasteiger partial charge in [0, 0.05) is 11.9 Å². The lowest BCUT2D eigenvalue weighted by Crippen LogP contribution is -2.20. The number of benzene rings is 2. The molecule has 0 spiro atoms. The third kappa shape index (κ3) is 3.33. The van der Waals surface area contributed by atoms with Crippen molar-refractivity contribution in [2.24, 2.45) is 0 Å². The van der Waals surface area contributed by atoms with Crippen LogP contribution in [0.25, 0.3) is 5.69 Å². The van der Waals surface area contributed by atoms with Crippen molar-refractivity contribution in [1.82, 2.24) is 9.78 Å². The summed E-state index contributed by atoms with van der Waals surface area (Å²) >= 11 is 0. The summed E-state index contributed by atoms with van der Waals surface area (Å²) in [6.45, 7) is 1.86. The minimum Gasteiger partial charge on any atom is -0.378 e. The van der Waals surface area contributed by atoms with Crippen LogP contribution in [0.4, 0.5) is 10.1 Å². The van der Waals surface area contributed by atoms with Gasteiger partial charge in [0.25, 0.3) is 5.91 Å². The molecule has 1 unspecified atom stereocenters. The Bertz CT molecular complexity index is 862. The number of hydrogen-bond donors (Lipinski definition) is 2. The summed E-state index contributed by atoms with van der Waals surface area (Å²) < 4.78 is 15.7. The monoisotopic (exact) mass is 325 g/mol. The SMILES string of the molecule is Cc1cnn(-c2ccc(NC(=O)C(O)c3ccccc3)cc2F)c1. The molecule has 3 aromatic rings. The molecule has 1 atom stereocenters. The van der Waals surface area contributed by atoms with Gasteiger partial charge in [-0.25, -0.2) is 9.07 Å². The Morgan fingerprint density at radius 1 is 1.25 bits per heavy atom. The topological polar surface area (TPSA) is 67.2 Å². The molecule has 24 heavy (non-hydrogen) atoms. The molecule has 122 valence electrons. The second-order valence-electron chi connectivity index (χ2n) is 5.43. The molecule has 5 nitrogen and oxygen atoms in total. The number of anilines is 1. The Kier molecular flexibility index (Phi) is 4.39. The van der Waals surface area contributed by atoms with Crippen molar-refractivity contribution in [2.75, 3.05) is 5.32 Å². The number of carbonyl (C=O) groups is 1. The molecule has 0 aliphatic carbocycles. The van der Waals surface area contributed by atoms with Crippen LogP contribution in [-0.2, 0) is 4.79 Å². The molecule has 3 rings (SSSR count). The highest BCUT2D eigenvalue weighted by atomic mass is 19.1. The van der Waals surface area contributed by atoms with Crippen molar-refractivity contribution in [3.05, 3.63) is 77.9 Å². The van der Waals surface area contributed by atoms with E-state index in [-0.39, 0.29) is 11.4 Å². The normalized spacial score (nSPS) is 12.0. The number of aliphatic hydroxyl groups is 1. The van der Waals surface area contributed by atoms with Crippen LogP contribution in [0.1, 0.15) is 17.2 Å². The van der Waals surface area contributed by atoms with E-state index in [2.05, 4.69) is 10.4 Å². The average molecular weight is 325 g/mol. The predicted molar refractivity (Wildman–Crippen MR) is 88.3 cm³/mol. The van der Waals surface area contributed by atoms with Gasteiger partial charge in [0.1, 0.15) is 5.69 Å². The maximum absolute atomic E-state index is 14.2. The first-order valence-corrected chi connectivity index (χ1v) is 7.39. The van der Waals surface area contributed by atoms with Crippen LogP contribution in [0.5, 0.6) is 0 Å². The lowest BCUT2D eigenvalue weighted by molar-refractivity contribution is -0.124. The number of hydrogen-bond acceptors (Lipinski definition) is 3. The second kappa shape index (κ2) is 6.64. The van der Waals surface area contributed by atoms with Crippen LogP contribution in [0.15, 0.2) is 60.9 Å². The molecular weight excluding hydrogens is 309 g/mol. The molecular formula is C18H16FN3O2. The van der Waals surface area contributed by atoms with E-state index in [9.17, 15) is 14.3 Å². The molecule has 1 amide bonds. The van der Waals surface area contributed by atoms with E-state index in [4.69, 9.17) is 0 Å². The average Bonchev–Trinajstić information content (AvgIpc) is 3.01. The van der Waals surface area contributed by atoms with Crippen LogP contribution in [-0.4, -0.2) is 20.8 Å². The smallest absolute Gasteiger partial charge is 0.257 e. The van der Waals surface area contributed by atoms with Gasteiger partial charge in [0.15, 0.2) is 11.9 Å². The molecule has 0 radical (unpaired) electrons. The van der Waals surface area contributed by atoms with E-state index in [1.165, 1.54) is 16.8 Å². The van der Waals surface area contributed by atoms with Crippen LogP contribution in [0.3, 0.4) is 0 Å². The minimum absolute atomic E-state index is 0.264. The van der Waals surface area contributed by atoms with Crippen molar-refractivity contribution in [1.29, 1.82) is 0 Å². The summed E-state index contributed by atoms with van der Waals surface area (Å²) in [7, 11) is 0. The van der Waals surface area contributed by atoms with E-state index in [0.29, 0.717) is 5.56 Å². The van der Waals surface area contributed by atoms with Gasteiger partial charge in [-0.3, -0.25) is 4.79 Å². The summed E-state index contributed by atoms with van der Waals surface area (Å²) in [6, 6.07) is 12.8. The van der Waals surface area contributed by atoms with Crippen LogP contribution >= 0.6 is 0 Å². The van der Waals surface area contributed by atoms with Gasteiger partial charge in [0.2, 0.25) is 0 Å². The van der Waals surface area contributed by atoms with Crippen molar-refractivity contribution < 1.29 is 14.3 Å². The lowest BCUT2D eigenvalue weighted by atomic mass is 10.1. The third-order valence-corrected chi connectivity index (χ3v) is 3.54. The number of nitrogens with one attached hydrogen (secondary N) is 1.